The number of hydrogen-bond acceptors (Lipinski definition) is 3. The maximum atomic E-state index is 3.64. The number of hydrogen-bond donors (Lipinski definition) is 3. The minimum atomic E-state index is 0.575. The van der Waals surface area contributed by atoms with E-state index in [4.69, 9.17) is 0 Å². The average Bonchev–Trinajstić information content (AvgIpc) is 2.94. The van der Waals surface area contributed by atoms with Crippen LogP contribution >= 0.6 is 0 Å². The molecule has 40 heavy (non-hydrogen) atoms. The van der Waals surface area contributed by atoms with E-state index in [1.807, 2.05) is 0 Å². The Balaban J connectivity index is 0.000000166. The molecule has 2 aliphatic carbocycles. The van der Waals surface area contributed by atoms with Crippen molar-refractivity contribution in [1.82, 2.24) is 16.0 Å². The predicted molar refractivity (Wildman–Crippen MR) is 174 cm³/mol. The van der Waals surface area contributed by atoms with Crippen molar-refractivity contribution in [3.05, 3.63) is 107 Å². The molecule has 0 bridgehead atoms. The van der Waals surface area contributed by atoms with Gasteiger partial charge in [-0.2, -0.15) is 0 Å². The van der Waals surface area contributed by atoms with Gasteiger partial charge in [0.05, 0.1) is 0 Å². The Labute approximate surface area is 245 Å². The minimum Gasteiger partial charge on any atom is -0.314 e. The second-order valence-corrected chi connectivity index (χ2v) is 12.3. The molecule has 3 heteroatoms. The molecule has 0 heterocycles. The van der Waals surface area contributed by atoms with Crippen LogP contribution in [0.15, 0.2) is 78.9 Å². The van der Waals surface area contributed by atoms with E-state index in [0.717, 1.165) is 13.0 Å². The molecule has 0 aromatic heterocycles. The second-order valence-electron chi connectivity index (χ2n) is 12.3. The summed E-state index contributed by atoms with van der Waals surface area (Å²) in [5.41, 5.74) is 7.53. The highest BCUT2D eigenvalue weighted by Gasteiger charge is 2.20. The van der Waals surface area contributed by atoms with E-state index in [1.165, 1.54) is 66.3 Å². The summed E-state index contributed by atoms with van der Waals surface area (Å²) in [6, 6.07) is 31.2. The summed E-state index contributed by atoms with van der Waals surface area (Å²) in [6.45, 7) is 14.3. The zero-order chi connectivity index (χ0) is 28.7. The third kappa shape index (κ3) is 11.2. The summed E-state index contributed by atoms with van der Waals surface area (Å²) in [6.07, 6.45) is 8.85. The van der Waals surface area contributed by atoms with Crippen LogP contribution in [-0.2, 0) is 19.3 Å². The second kappa shape index (κ2) is 17.4. The van der Waals surface area contributed by atoms with Crippen LogP contribution in [0.3, 0.4) is 0 Å². The van der Waals surface area contributed by atoms with E-state index >= 15 is 0 Å². The maximum absolute atomic E-state index is 3.64. The molecule has 3 nitrogen and oxygen atoms in total. The molecule has 3 aromatic carbocycles. The lowest BCUT2D eigenvalue weighted by Gasteiger charge is -2.28. The zero-order valence-corrected chi connectivity index (χ0v) is 26.0. The number of aryl methyl sites for hydroxylation is 2. The number of fused-ring (bicyclic) bond motifs is 2. The first-order chi connectivity index (χ1) is 19.3. The van der Waals surface area contributed by atoms with E-state index in [9.17, 15) is 0 Å². The fourth-order valence-electron chi connectivity index (χ4n) is 5.81. The molecule has 0 amide bonds. The minimum absolute atomic E-state index is 0.575. The Morgan fingerprint density at radius 3 is 1.48 bits per heavy atom. The van der Waals surface area contributed by atoms with Crippen LogP contribution in [0.4, 0.5) is 0 Å². The Morgan fingerprint density at radius 1 is 0.575 bits per heavy atom. The van der Waals surface area contributed by atoms with Crippen molar-refractivity contribution >= 4 is 0 Å². The highest BCUT2D eigenvalue weighted by atomic mass is 14.9. The number of benzene rings is 3. The normalized spacial score (nSPS) is 17.8. The van der Waals surface area contributed by atoms with Gasteiger partial charge in [0.2, 0.25) is 0 Å². The summed E-state index contributed by atoms with van der Waals surface area (Å²) in [5, 5.41) is 10.7. The maximum Gasteiger partial charge on any atom is 0.0325 e. The fourth-order valence-corrected chi connectivity index (χ4v) is 5.81. The van der Waals surface area contributed by atoms with Gasteiger partial charge in [0.25, 0.3) is 0 Å². The van der Waals surface area contributed by atoms with Gasteiger partial charge in [0, 0.05) is 30.2 Å². The monoisotopic (exact) mass is 541 g/mol. The lowest BCUT2D eigenvalue weighted by molar-refractivity contribution is 0.423. The van der Waals surface area contributed by atoms with Crippen LogP contribution in [0.1, 0.15) is 107 Å². The number of nitrogens with one attached hydrogen (secondary N) is 3. The molecular weight excluding hydrogens is 486 g/mol. The first-order valence-corrected chi connectivity index (χ1v) is 15.8. The molecular formula is C37H55N3. The smallest absolute Gasteiger partial charge is 0.0325 e. The molecule has 0 unspecified atom stereocenters. The highest BCUT2D eigenvalue weighted by molar-refractivity contribution is 5.33. The Kier molecular flexibility index (Phi) is 13.9. The summed E-state index contributed by atoms with van der Waals surface area (Å²) >= 11 is 0. The van der Waals surface area contributed by atoms with Crippen molar-refractivity contribution in [3.63, 3.8) is 0 Å². The van der Waals surface area contributed by atoms with Crippen molar-refractivity contribution in [2.45, 2.75) is 117 Å². The van der Waals surface area contributed by atoms with Gasteiger partial charge in [-0.05, 0) is 79.3 Å². The highest BCUT2D eigenvalue weighted by Crippen LogP contribution is 2.30. The molecule has 0 saturated heterocycles. The van der Waals surface area contributed by atoms with Gasteiger partial charge < -0.3 is 16.0 Å². The zero-order valence-electron chi connectivity index (χ0n) is 26.0. The lowest BCUT2D eigenvalue weighted by atomic mass is 9.87. The summed E-state index contributed by atoms with van der Waals surface area (Å²) in [4.78, 5) is 0. The lowest BCUT2D eigenvalue weighted by Crippen LogP contribution is -2.30. The van der Waals surface area contributed by atoms with Crippen molar-refractivity contribution < 1.29 is 0 Å². The summed E-state index contributed by atoms with van der Waals surface area (Å²) in [7, 11) is 0. The largest absolute Gasteiger partial charge is 0.314 e. The van der Waals surface area contributed by atoms with E-state index < -0.39 is 0 Å². The number of rotatable bonds is 8. The third-order valence-corrected chi connectivity index (χ3v) is 7.62. The van der Waals surface area contributed by atoms with Crippen molar-refractivity contribution in [2.75, 3.05) is 6.54 Å². The first kappa shape index (κ1) is 32.1. The molecule has 2 atom stereocenters. The van der Waals surface area contributed by atoms with Gasteiger partial charge in [-0.25, -0.2) is 0 Å². The molecule has 0 spiro atoms. The Hall–Kier alpha value is -2.46. The SMILES string of the molecule is CC(C)NCCc1ccccc1.CC(C)N[C@@H]1CCCc2ccccc21.CC(C)N[C@@H]1CCCc2ccccc21. The van der Waals surface area contributed by atoms with Gasteiger partial charge >= 0.3 is 0 Å². The van der Waals surface area contributed by atoms with E-state index in [1.54, 1.807) is 0 Å². The van der Waals surface area contributed by atoms with Crippen molar-refractivity contribution in [3.8, 4) is 0 Å². The van der Waals surface area contributed by atoms with Gasteiger partial charge in [-0.1, -0.05) is 120 Å². The van der Waals surface area contributed by atoms with Gasteiger partial charge in [0.1, 0.15) is 0 Å². The van der Waals surface area contributed by atoms with Crippen LogP contribution in [0, 0.1) is 0 Å². The first-order valence-electron chi connectivity index (χ1n) is 15.8. The van der Waals surface area contributed by atoms with Crippen LogP contribution in [0.5, 0.6) is 0 Å². The van der Waals surface area contributed by atoms with Gasteiger partial charge in [-0.3, -0.25) is 0 Å². The molecule has 0 saturated carbocycles. The van der Waals surface area contributed by atoms with E-state index in [0.29, 0.717) is 30.2 Å². The van der Waals surface area contributed by atoms with Crippen LogP contribution in [-0.4, -0.2) is 24.7 Å². The molecule has 3 N–H and O–H groups in total. The summed E-state index contributed by atoms with van der Waals surface area (Å²) in [5.74, 6) is 0. The molecule has 218 valence electrons. The van der Waals surface area contributed by atoms with Crippen LogP contribution < -0.4 is 16.0 Å². The van der Waals surface area contributed by atoms with Gasteiger partial charge in [-0.15, -0.1) is 0 Å². The quantitative estimate of drug-likeness (QED) is 0.268. The Morgan fingerprint density at radius 2 is 1.02 bits per heavy atom. The van der Waals surface area contributed by atoms with Crippen molar-refractivity contribution in [1.29, 1.82) is 0 Å². The Bertz CT molecular complexity index is 1030. The predicted octanol–water partition coefficient (Wildman–Crippen LogP) is 8.35. The molecule has 5 rings (SSSR count). The van der Waals surface area contributed by atoms with Gasteiger partial charge in [0.15, 0.2) is 0 Å². The molecule has 0 aliphatic heterocycles. The van der Waals surface area contributed by atoms with E-state index in [2.05, 4.69) is 136 Å². The van der Waals surface area contributed by atoms with E-state index in [-0.39, 0.29) is 0 Å². The molecule has 2 aliphatic rings. The topological polar surface area (TPSA) is 36.1 Å². The molecule has 0 fully saturated rings. The average molecular weight is 542 g/mol. The van der Waals surface area contributed by atoms with Crippen LogP contribution in [0.2, 0.25) is 0 Å². The summed E-state index contributed by atoms with van der Waals surface area (Å²) < 4.78 is 0. The molecule has 0 radical (unpaired) electrons. The van der Waals surface area contributed by atoms with Crippen LogP contribution in [0.25, 0.3) is 0 Å². The standard InChI is InChI=1S/2C13H19N.C11H17N/c2*1-10(2)14-13-9-5-7-11-6-3-4-8-12(11)13;1-10(2)12-9-8-11-6-4-3-5-7-11/h2*3-4,6,8,10,13-14H,5,7,9H2,1-2H3;3-7,10,12H,8-9H2,1-2H3/t2*13-;/m11./s1. The van der Waals surface area contributed by atoms with Crippen molar-refractivity contribution in [2.24, 2.45) is 0 Å². The fraction of sp³-hybridized carbons (Fsp3) is 0.514. The molecule has 3 aromatic rings. The third-order valence-electron chi connectivity index (χ3n) is 7.62.